The van der Waals surface area contributed by atoms with E-state index in [0.29, 0.717) is 18.8 Å². The predicted octanol–water partition coefficient (Wildman–Crippen LogP) is 4.41. The first-order valence-corrected chi connectivity index (χ1v) is 10.8. The fourth-order valence-corrected chi connectivity index (χ4v) is 5.73. The minimum Gasteiger partial charge on any atom is -0.311 e. The molecule has 30 heavy (non-hydrogen) atoms. The van der Waals surface area contributed by atoms with E-state index in [1.807, 2.05) is 54.6 Å². The molecule has 3 aromatic rings. The van der Waals surface area contributed by atoms with Gasteiger partial charge in [0, 0.05) is 23.4 Å². The number of halogens is 1. The standard InChI is InChI=1S/C24H19FN2O2S/c25-19-10-6-9-18(15-19)22(28)27-13-14-30-24(27)20-11-4-5-12-21(20)26(23(24)29)16-17-7-2-1-3-8-17/h1-12,15H,13-14,16H2/t24-/m1/s1. The summed E-state index contributed by atoms with van der Waals surface area (Å²) in [7, 11) is 0. The molecule has 150 valence electrons. The van der Waals surface area contributed by atoms with Crippen LogP contribution in [0, 0.1) is 5.82 Å². The lowest BCUT2D eigenvalue weighted by molar-refractivity contribution is -0.123. The molecule has 5 rings (SSSR count). The molecular formula is C24H19FN2O2S. The zero-order valence-electron chi connectivity index (χ0n) is 16.1. The highest BCUT2D eigenvalue weighted by Gasteiger charge is 2.59. The highest BCUT2D eigenvalue weighted by Crippen LogP contribution is 2.54. The highest BCUT2D eigenvalue weighted by molar-refractivity contribution is 8.01. The van der Waals surface area contributed by atoms with Crippen molar-refractivity contribution in [2.45, 2.75) is 11.4 Å². The van der Waals surface area contributed by atoms with Gasteiger partial charge >= 0.3 is 0 Å². The molecule has 3 aromatic carbocycles. The Morgan fingerprint density at radius 2 is 1.77 bits per heavy atom. The molecule has 2 aliphatic rings. The number of fused-ring (bicyclic) bond motifs is 2. The number of para-hydroxylation sites is 1. The quantitative estimate of drug-likeness (QED) is 0.633. The van der Waals surface area contributed by atoms with Gasteiger partial charge in [0.25, 0.3) is 11.8 Å². The van der Waals surface area contributed by atoms with Gasteiger partial charge in [0.1, 0.15) is 5.82 Å². The van der Waals surface area contributed by atoms with Gasteiger partial charge in [0.15, 0.2) is 4.87 Å². The summed E-state index contributed by atoms with van der Waals surface area (Å²) < 4.78 is 13.8. The van der Waals surface area contributed by atoms with Crippen LogP contribution in [0.2, 0.25) is 0 Å². The summed E-state index contributed by atoms with van der Waals surface area (Å²) in [6.45, 7) is 0.861. The molecule has 1 fully saturated rings. The molecule has 2 aliphatic heterocycles. The van der Waals surface area contributed by atoms with Crippen LogP contribution < -0.4 is 4.90 Å². The molecule has 2 heterocycles. The van der Waals surface area contributed by atoms with E-state index < -0.39 is 10.7 Å². The number of amides is 2. The predicted molar refractivity (Wildman–Crippen MR) is 116 cm³/mol. The number of rotatable bonds is 3. The third-order valence-corrected chi connectivity index (χ3v) is 7.02. The third-order valence-electron chi connectivity index (χ3n) is 5.60. The number of hydrogen-bond donors (Lipinski definition) is 0. The van der Waals surface area contributed by atoms with Crippen LogP contribution in [0.15, 0.2) is 78.9 Å². The first-order chi connectivity index (χ1) is 14.6. The van der Waals surface area contributed by atoms with Crippen molar-refractivity contribution in [2.75, 3.05) is 17.2 Å². The number of carbonyl (C=O) groups excluding carboxylic acids is 2. The summed E-state index contributed by atoms with van der Waals surface area (Å²) in [5, 5.41) is 0. The summed E-state index contributed by atoms with van der Waals surface area (Å²) in [4.78, 5) is 29.4. The number of carbonyl (C=O) groups is 2. The lowest BCUT2D eigenvalue weighted by Crippen LogP contribution is -2.50. The number of benzene rings is 3. The minimum absolute atomic E-state index is 0.125. The van der Waals surface area contributed by atoms with Crippen molar-refractivity contribution in [2.24, 2.45) is 0 Å². The molecule has 0 aliphatic carbocycles. The van der Waals surface area contributed by atoms with Crippen molar-refractivity contribution in [3.05, 3.63) is 101 Å². The summed E-state index contributed by atoms with van der Waals surface area (Å²) >= 11 is 1.47. The van der Waals surface area contributed by atoms with Gasteiger partial charge in [-0.05, 0) is 29.8 Å². The van der Waals surface area contributed by atoms with Gasteiger partial charge in [0.2, 0.25) is 0 Å². The second-order valence-corrected chi connectivity index (χ2v) is 8.64. The van der Waals surface area contributed by atoms with Crippen LogP contribution in [0.5, 0.6) is 0 Å². The molecule has 2 amide bonds. The monoisotopic (exact) mass is 418 g/mol. The van der Waals surface area contributed by atoms with Crippen LogP contribution in [-0.2, 0) is 16.2 Å². The number of hydrogen-bond acceptors (Lipinski definition) is 3. The van der Waals surface area contributed by atoms with Crippen LogP contribution >= 0.6 is 11.8 Å². The van der Waals surface area contributed by atoms with Crippen LogP contribution in [0.3, 0.4) is 0 Å². The topological polar surface area (TPSA) is 40.6 Å². The average molecular weight is 418 g/mol. The number of anilines is 1. The Bertz CT molecular complexity index is 1140. The molecule has 0 radical (unpaired) electrons. The number of nitrogens with zero attached hydrogens (tertiary/aromatic N) is 2. The summed E-state index contributed by atoms with van der Waals surface area (Å²) in [5.41, 5.74) is 2.91. The van der Waals surface area contributed by atoms with Gasteiger partial charge in [-0.25, -0.2) is 4.39 Å². The summed E-state index contributed by atoms with van der Waals surface area (Å²) in [6.07, 6.45) is 0. The van der Waals surface area contributed by atoms with E-state index in [1.165, 1.54) is 30.0 Å². The zero-order valence-corrected chi connectivity index (χ0v) is 16.9. The van der Waals surface area contributed by atoms with E-state index in [0.717, 1.165) is 16.8 Å². The van der Waals surface area contributed by atoms with E-state index in [9.17, 15) is 14.0 Å². The molecule has 0 saturated carbocycles. The normalized spacial score (nSPS) is 20.1. The second kappa shape index (κ2) is 7.29. The summed E-state index contributed by atoms with van der Waals surface area (Å²) in [5.74, 6) is -0.282. The van der Waals surface area contributed by atoms with Crippen LogP contribution in [0.1, 0.15) is 21.5 Å². The van der Waals surface area contributed by atoms with E-state index in [-0.39, 0.29) is 17.4 Å². The molecule has 0 bridgehead atoms. The highest BCUT2D eigenvalue weighted by atomic mass is 32.2. The van der Waals surface area contributed by atoms with Crippen molar-refractivity contribution >= 4 is 29.3 Å². The maximum absolute atomic E-state index is 13.8. The Morgan fingerprint density at radius 3 is 2.57 bits per heavy atom. The van der Waals surface area contributed by atoms with Crippen LogP contribution in [0.4, 0.5) is 10.1 Å². The molecule has 4 nitrogen and oxygen atoms in total. The maximum atomic E-state index is 13.8. The molecule has 6 heteroatoms. The Kier molecular flexibility index (Phi) is 4.59. The first-order valence-electron chi connectivity index (χ1n) is 9.78. The maximum Gasteiger partial charge on any atom is 0.268 e. The summed E-state index contributed by atoms with van der Waals surface area (Å²) in [6, 6.07) is 23.1. The van der Waals surface area contributed by atoms with E-state index in [1.54, 1.807) is 15.9 Å². The lowest BCUT2D eigenvalue weighted by atomic mass is 10.0. The Hall–Kier alpha value is -3.12. The fraction of sp³-hybridized carbons (Fsp3) is 0.167. The van der Waals surface area contributed by atoms with E-state index in [2.05, 4.69) is 0 Å². The third kappa shape index (κ3) is 2.82. The largest absolute Gasteiger partial charge is 0.311 e. The molecule has 0 aromatic heterocycles. The van der Waals surface area contributed by atoms with Gasteiger partial charge in [-0.2, -0.15) is 0 Å². The molecule has 1 atom stereocenters. The van der Waals surface area contributed by atoms with Gasteiger partial charge in [-0.15, -0.1) is 11.8 Å². The van der Waals surface area contributed by atoms with Gasteiger partial charge in [-0.1, -0.05) is 54.6 Å². The van der Waals surface area contributed by atoms with Crippen molar-refractivity contribution in [3.8, 4) is 0 Å². The van der Waals surface area contributed by atoms with Crippen molar-refractivity contribution < 1.29 is 14.0 Å². The molecule has 0 unspecified atom stereocenters. The fourth-order valence-electron chi connectivity index (χ4n) is 4.27. The lowest BCUT2D eigenvalue weighted by Gasteiger charge is -2.33. The van der Waals surface area contributed by atoms with E-state index >= 15 is 0 Å². The average Bonchev–Trinajstić information content (AvgIpc) is 3.31. The molecule has 0 N–H and O–H groups in total. The van der Waals surface area contributed by atoms with Crippen molar-refractivity contribution in [3.63, 3.8) is 0 Å². The Balaban J connectivity index is 1.58. The zero-order chi connectivity index (χ0) is 20.7. The molecule has 1 spiro atoms. The van der Waals surface area contributed by atoms with Crippen molar-refractivity contribution in [1.29, 1.82) is 0 Å². The SMILES string of the molecule is O=C(c1cccc(F)c1)N1CCS[C@]12C(=O)N(Cc1ccccc1)c1ccccc12. The Labute approximate surface area is 178 Å². The van der Waals surface area contributed by atoms with Crippen LogP contribution in [0.25, 0.3) is 0 Å². The minimum atomic E-state index is -1.12. The Morgan fingerprint density at radius 1 is 1.00 bits per heavy atom. The van der Waals surface area contributed by atoms with Crippen molar-refractivity contribution in [1.82, 2.24) is 4.90 Å². The number of thioether (sulfide) groups is 1. The van der Waals surface area contributed by atoms with E-state index in [4.69, 9.17) is 0 Å². The molecular weight excluding hydrogens is 399 g/mol. The van der Waals surface area contributed by atoms with Gasteiger partial charge in [-0.3, -0.25) is 9.59 Å². The van der Waals surface area contributed by atoms with Gasteiger partial charge in [0.05, 0.1) is 12.2 Å². The van der Waals surface area contributed by atoms with Gasteiger partial charge < -0.3 is 9.80 Å². The molecule has 1 saturated heterocycles. The smallest absolute Gasteiger partial charge is 0.268 e. The van der Waals surface area contributed by atoms with Crippen LogP contribution in [-0.4, -0.2) is 29.0 Å². The second-order valence-electron chi connectivity index (χ2n) is 7.35. The first kappa shape index (κ1) is 18.9.